The predicted octanol–water partition coefficient (Wildman–Crippen LogP) is 4.71. The van der Waals surface area contributed by atoms with Crippen LogP contribution in [0.5, 0.6) is 5.75 Å². The molecule has 0 unspecified atom stereocenters. The predicted molar refractivity (Wildman–Crippen MR) is 99.3 cm³/mol. The van der Waals surface area contributed by atoms with Crippen LogP contribution < -0.4 is 10.1 Å². The summed E-state index contributed by atoms with van der Waals surface area (Å²) in [4.78, 5) is 20.9. The van der Waals surface area contributed by atoms with E-state index in [1.807, 2.05) is 39.0 Å². The Hall–Kier alpha value is -2.67. The summed E-state index contributed by atoms with van der Waals surface area (Å²) in [6.07, 6.45) is 2.79. The lowest BCUT2D eigenvalue weighted by atomic mass is 10.2. The van der Waals surface area contributed by atoms with Gasteiger partial charge in [-0.1, -0.05) is 0 Å². The van der Waals surface area contributed by atoms with Crippen LogP contribution in [-0.4, -0.2) is 28.8 Å². The minimum Gasteiger partial charge on any atom is -0.497 e. The standard InChI is InChI=1S/C18H19N3O3S/c1-18(2,3)24-17(22)21-13-7-8-19-10-12(13)16-20-14-9-11(23-4)5-6-15(14)25-16/h5-10H,1-4H3,(H,19,21,22). The van der Waals surface area contributed by atoms with Crippen LogP contribution in [0.25, 0.3) is 20.8 Å². The van der Waals surface area contributed by atoms with E-state index in [9.17, 15) is 4.79 Å². The van der Waals surface area contributed by atoms with E-state index >= 15 is 0 Å². The van der Waals surface area contributed by atoms with Crippen molar-refractivity contribution in [3.8, 4) is 16.3 Å². The first-order valence-electron chi connectivity index (χ1n) is 7.75. The summed E-state index contributed by atoms with van der Waals surface area (Å²) < 4.78 is 11.6. The van der Waals surface area contributed by atoms with E-state index < -0.39 is 11.7 Å². The molecule has 1 aromatic carbocycles. The largest absolute Gasteiger partial charge is 0.497 e. The van der Waals surface area contributed by atoms with Gasteiger partial charge in [-0.15, -0.1) is 11.3 Å². The fraction of sp³-hybridized carbons (Fsp3) is 0.278. The number of rotatable bonds is 3. The third-order valence-electron chi connectivity index (χ3n) is 3.28. The molecule has 0 aliphatic carbocycles. The number of benzene rings is 1. The average molecular weight is 357 g/mol. The van der Waals surface area contributed by atoms with Gasteiger partial charge in [0, 0.05) is 18.5 Å². The van der Waals surface area contributed by atoms with E-state index in [-0.39, 0.29) is 0 Å². The van der Waals surface area contributed by atoms with E-state index in [2.05, 4.69) is 15.3 Å². The molecule has 0 spiro atoms. The third kappa shape index (κ3) is 4.06. The molecule has 2 aromatic heterocycles. The molecular formula is C18H19N3O3S. The molecule has 1 amide bonds. The molecule has 7 heteroatoms. The van der Waals surface area contributed by atoms with Crippen molar-refractivity contribution in [2.45, 2.75) is 26.4 Å². The van der Waals surface area contributed by atoms with Crippen molar-refractivity contribution in [3.63, 3.8) is 0 Å². The SMILES string of the molecule is COc1ccc2sc(-c3cnccc3NC(=O)OC(C)(C)C)nc2c1. The number of pyridine rings is 1. The molecule has 3 aromatic rings. The van der Waals surface area contributed by atoms with Crippen molar-refractivity contribution < 1.29 is 14.3 Å². The normalized spacial score (nSPS) is 11.4. The van der Waals surface area contributed by atoms with Crippen LogP contribution in [0.3, 0.4) is 0 Å². The lowest BCUT2D eigenvalue weighted by Crippen LogP contribution is -2.27. The van der Waals surface area contributed by atoms with Gasteiger partial charge in [0.2, 0.25) is 0 Å². The van der Waals surface area contributed by atoms with Crippen molar-refractivity contribution in [3.05, 3.63) is 36.7 Å². The highest BCUT2D eigenvalue weighted by atomic mass is 32.1. The summed E-state index contributed by atoms with van der Waals surface area (Å²) in [5, 5.41) is 3.54. The van der Waals surface area contributed by atoms with E-state index in [1.54, 1.807) is 25.6 Å². The highest BCUT2D eigenvalue weighted by Gasteiger charge is 2.18. The summed E-state index contributed by atoms with van der Waals surface area (Å²) >= 11 is 1.53. The van der Waals surface area contributed by atoms with Gasteiger partial charge >= 0.3 is 6.09 Å². The van der Waals surface area contributed by atoms with Gasteiger partial charge in [0.1, 0.15) is 16.4 Å². The van der Waals surface area contributed by atoms with Gasteiger partial charge in [-0.05, 0) is 39.0 Å². The molecule has 0 aliphatic heterocycles. The first-order chi connectivity index (χ1) is 11.9. The van der Waals surface area contributed by atoms with Crippen LogP contribution in [0.1, 0.15) is 20.8 Å². The van der Waals surface area contributed by atoms with Gasteiger partial charge in [0.05, 0.1) is 28.6 Å². The van der Waals surface area contributed by atoms with E-state index in [1.165, 1.54) is 11.3 Å². The number of anilines is 1. The zero-order chi connectivity index (χ0) is 18.0. The van der Waals surface area contributed by atoms with Crippen molar-refractivity contribution >= 4 is 33.3 Å². The number of fused-ring (bicyclic) bond motifs is 1. The molecular weight excluding hydrogens is 338 g/mol. The molecule has 6 nitrogen and oxygen atoms in total. The molecule has 3 rings (SSSR count). The third-order valence-corrected chi connectivity index (χ3v) is 4.35. The number of carbonyl (C=O) groups excluding carboxylic acids is 1. The molecule has 25 heavy (non-hydrogen) atoms. The van der Waals surface area contributed by atoms with Crippen LogP contribution in [0.15, 0.2) is 36.7 Å². The van der Waals surface area contributed by atoms with Crippen molar-refractivity contribution in [2.24, 2.45) is 0 Å². The van der Waals surface area contributed by atoms with Crippen LogP contribution >= 0.6 is 11.3 Å². The Kier molecular flexibility index (Phi) is 4.59. The molecule has 0 atom stereocenters. The number of ether oxygens (including phenoxy) is 2. The second kappa shape index (κ2) is 6.68. The Balaban J connectivity index is 1.94. The smallest absolute Gasteiger partial charge is 0.412 e. The van der Waals surface area contributed by atoms with Crippen LogP contribution in [0.4, 0.5) is 10.5 Å². The number of hydrogen-bond donors (Lipinski definition) is 1. The maximum absolute atomic E-state index is 12.1. The number of carbonyl (C=O) groups is 1. The number of nitrogens with zero attached hydrogens (tertiary/aromatic N) is 2. The van der Waals surface area contributed by atoms with Gasteiger partial charge in [0.15, 0.2) is 0 Å². The van der Waals surface area contributed by atoms with Crippen molar-refractivity contribution in [1.82, 2.24) is 9.97 Å². The summed E-state index contributed by atoms with van der Waals surface area (Å²) in [6, 6.07) is 7.47. The minimum absolute atomic E-state index is 0.511. The first kappa shape index (κ1) is 17.2. The molecule has 0 aliphatic rings. The number of thiazole rings is 1. The van der Waals surface area contributed by atoms with Crippen LogP contribution in [0.2, 0.25) is 0 Å². The van der Waals surface area contributed by atoms with Gasteiger partial charge in [-0.25, -0.2) is 9.78 Å². The lowest BCUT2D eigenvalue weighted by Gasteiger charge is -2.20. The Bertz CT molecular complexity index is 915. The maximum Gasteiger partial charge on any atom is 0.412 e. The second-order valence-corrected chi connectivity index (χ2v) is 7.43. The summed E-state index contributed by atoms with van der Waals surface area (Å²) in [6.45, 7) is 5.46. The number of nitrogens with one attached hydrogen (secondary N) is 1. The lowest BCUT2D eigenvalue weighted by molar-refractivity contribution is 0.0636. The molecule has 130 valence electrons. The zero-order valence-electron chi connectivity index (χ0n) is 14.5. The maximum atomic E-state index is 12.1. The molecule has 1 N–H and O–H groups in total. The Labute approximate surface area is 149 Å². The summed E-state index contributed by atoms with van der Waals surface area (Å²) in [7, 11) is 1.62. The molecule has 0 radical (unpaired) electrons. The number of aromatic nitrogens is 2. The minimum atomic E-state index is -0.566. The van der Waals surface area contributed by atoms with E-state index in [0.29, 0.717) is 5.69 Å². The zero-order valence-corrected chi connectivity index (χ0v) is 15.3. The highest BCUT2D eigenvalue weighted by molar-refractivity contribution is 7.21. The Morgan fingerprint density at radius 2 is 2.04 bits per heavy atom. The number of hydrogen-bond acceptors (Lipinski definition) is 6. The van der Waals surface area contributed by atoms with Gasteiger partial charge in [0.25, 0.3) is 0 Å². The fourth-order valence-electron chi connectivity index (χ4n) is 2.24. The molecule has 0 bridgehead atoms. The van der Waals surface area contributed by atoms with Crippen molar-refractivity contribution in [1.29, 1.82) is 0 Å². The highest BCUT2D eigenvalue weighted by Crippen LogP contribution is 2.35. The van der Waals surface area contributed by atoms with E-state index in [4.69, 9.17) is 9.47 Å². The van der Waals surface area contributed by atoms with Crippen molar-refractivity contribution in [2.75, 3.05) is 12.4 Å². The Morgan fingerprint density at radius 1 is 1.24 bits per heavy atom. The molecule has 0 fully saturated rings. The van der Waals surface area contributed by atoms with Gasteiger partial charge in [-0.3, -0.25) is 10.3 Å². The van der Waals surface area contributed by atoms with Gasteiger partial charge in [-0.2, -0.15) is 0 Å². The topological polar surface area (TPSA) is 73.3 Å². The summed E-state index contributed by atoms with van der Waals surface area (Å²) in [5.41, 5.74) is 1.62. The number of amides is 1. The van der Waals surface area contributed by atoms with Crippen LogP contribution in [-0.2, 0) is 4.74 Å². The second-order valence-electron chi connectivity index (χ2n) is 6.40. The average Bonchev–Trinajstić information content (AvgIpc) is 2.96. The fourth-order valence-corrected chi connectivity index (χ4v) is 3.21. The monoisotopic (exact) mass is 357 g/mol. The first-order valence-corrected chi connectivity index (χ1v) is 8.56. The van der Waals surface area contributed by atoms with Crippen LogP contribution in [0, 0.1) is 0 Å². The number of methoxy groups -OCH3 is 1. The quantitative estimate of drug-likeness (QED) is 0.734. The van der Waals surface area contributed by atoms with Gasteiger partial charge < -0.3 is 9.47 Å². The molecule has 2 heterocycles. The summed E-state index contributed by atoms with van der Waals surface area (Å²) in [5.74, 6) is 0.752. The Morgan fingerprint density at radius 3 is 2.76 bits per heavy atom. The molecule has 0 saturated heterocycles. The molecule has 0 saturated carbocycles. The van der Waals surface area contributed by atoms with E-state index in [0.717, 1.165) is 26.5 Å².